The number of aromatic nitrogens is 3. The topological polar surface area (TPSA) is 63.9 Å². The molecule has 9 aliphatic rings. The normalized spacial score (nSPS) is 27.7. The number of aryl methyl sites for hydroxylation is 6. The molecule has 3 aliphatic heterocycles. The van der Waals surface area contributed by atoms with E-state index in [1.807, 2.05) is 18.8 Å². The maximum absolute atomic E-state index is 6.23. The van der Waals surface area contributed by atoms with Gasteiger partial charge < -0.3 is 41.7 Å². The lowest BCUT2D eigenvalue weighted by atomic mass is 9.47. The number of hydrogen-bond donors (Lipinski definition) is 0. The Hall–Kier alpha value is -6.48. The van der Waals surface area contributed by atoms with E-state index in [0.29, 0.717) is 18.1 Å². The first-order valence-electron chi connectivity index (χ1n) is 30.1. The summed E-state index contributed by atoms with van der Waals surface area (Å²) < 4.78 is 25.4. The van der Waals surface area contributed by atoms with Gasteiger partial charge in [-0.05, 0) is 158 Å². The summed E-state index contributed by atoms with van der Waals surface area (Å²) in [5.41, 5.74) is 24.6. The van der Waals surface area contributed by atoms with Crippen molar-refractivity contribution < 1.29 is 13.3 Å². The van der Waals surface area contributed by atoms with Crippen LogP contribution in [0.2, 0.25) is 0 Å². The lowest BCUT2D eigenvalue weighted by molar-refractivity contribution is -0.0599. The zero-order valence-electron chi connectivity index (χ0n) is 47.7. The summed E-state index contributed by atoms with van der Waals surface area (Å²) in [6.07, 6.45) is 24.1. The molecule has 9 aromatic rings. The number of rotatable bonds is 3. The fourth-order valence-electron chi connectivity index (χ4n) is 19.6. The van der Waals surface area contributed by atoms with Crippen molar-refractivity contribution in [2.75, 3.05) is 14.7 Å². The quantitative estimate of drug-likeness (QED) is 0.176. The number of furan rings is 3. The average Bonchev–Trinajstić information content (AvgIpc) is 3.20. The van der Waals surface area contributed by atoms with Crippen LogP contribution in [0.15, 0.2) is 123 Å². The first-order valence-corrected chi connectivity index (χ1v) is 30.1. The molecule has 0 N–H and O–H groups in total. The third-order valence-corrected chi connectivity index (χ3v) is 22.2. The van der Waals surface area contributed by atoms with E-state index in [1.54, 1.807) is 5.56 Å². The zero-order valence-corrected chi connectivity index (χ0v) is 47.7. The van der Waals surface area contributed by atoms with Crippen LogP contribution >= 0.6 is 0 Å². The summed E-state index contributed by atoms with van der Waals surface area (Å²) >= 11 is 0. The molecule has 0 amide bonds. The van der Waals surface area contributed by atoms with Crippen molar-refractivity contribution in [3.05, 3.63) is 160 Å². The molecule has 9 heteroatoms. The van der Waals surface area contributed by atoms with Crippen molar-refractivity contribution >= 4 is 50.4 Å². The zero-order chi connectivity index (χ0) is 53.1. The standard InChI is InChI=1S/C26H30N2O.C22H26N2O.C21H24N2O/c1-15-6-4-5-7-21(15)28-16(2)24-23(25-22(27(24)3)8-9-29-25)26(28)19-11-17-10-18(13-19)14-20(26)12-17;1-15-9-5-6-10-17(15)24-16(2)20-19(22(24)12-7-4-8-13-22)21-18(23(20)3)11-14-25-21;1-14-8-4-5-9-16(14)23-15(2)19-18(21(23)11-6-7-12-21)20-17(22(19)3)10-13-24-20/h4-9,16-20H,10-14H2,1-3H3;5-6,9-11,14,16H,4,7-8,12-13H2,1-3H3;4-5,8-10,13,15H,6-7,11-12H2,1-3H3. The predicted molar refractivity (Wildman–Crippen MR) is 315 cm³/mol. The van der Waals surface area contributed by atoms with Gasteiger partial charge in [0.1, 0.15) is 0 Å². The van der Waals surface area contributed by atoms with Gasteiger partial charge in [0.25, 0.3) is 0 Å². The Labute approximate surface area is 461 Å². The fraction of sp³-hybridized carbons (Fsp3) is 0.478. The van der Waals surface area contributed by atoms with E-state index in [1.165, 1.54) is 168 Å². The lowest BCUT2D eigenvalue weighted by Gasteiger charge is -2.63. The van der Waals surface area contributed by atoms with Crippen LogP contribution in [0.5, 0.6) is 0 Å². The van der Waals surface area contributed by atoms with Crippen LogP contribution < -0.4 is 14.7 Å². The minimum Gasteiger partial charge on any atom is -0.462 e. The lowest BCUT2D eigenvalue weighted by Crippen LogP contribution is -2.62. The molecule has 3 unspecified atom stereocenters. The van der Waals surface area contributed by atoms with Crippen LogP contribution in [0.3, 0.4) is 0 Å². The van der Waals surface area contributed by atoms with E-state index in [0.717, 1.165) is 40.4 Å². The van der Waals surface area contributed by atoms with E-state index in [-0.39, 0.29) is 16.6 Å². The molecule has 0 radical (unpaired) electrons. The first-order chi connectivity index (χ1) is 37.9. The number of anilines is 3. The van der Waals surface area contributed by atoms with Gasteiger partial charge >= 0.3 is 0 Å². The summed E-state index contributed by atoms with van der Waals surface area (Å²) in [5.74, 6) is 3.41. The highest BCUT2D eigenvalue weighted by atomic mass is 16.3. The third kappa shape index (κ3) is 6.31. The largest absolute Gasteiger partial charge is 0.462 e. The fourth-order valence-corrected chi connectivity index (χ4v) is 19.6. The number of fused-ring (bicyclic) bond motifs is 11. The number of nitrogens with zero attached hydrogens (tertiary/aromatic N) is 6. The Kier molecular flexibility index (Phi) is 10.9. The summed E-state index contributed by atoms with van der Waals surface area (Å²) in [6, 6.07) is 34.3. The average molecular weight is 1040 g/mol. The Morgan fingerprint density at radius 3 is 1.13 bits per heavy atom. The van der Waals surface area contributed by atoms with Gasteiger partial charge in [0.2, 0.25) is 0 Å². The molecule has 0 saturated heterocycles. The van der Waals surface area contributed by atoms with Gasteiger partial charge in [-0.15, -0.1) is 0 Å². The molecule has 6 fully saturated rings. The molecular weight excluding hydrogens is 961 g/mol. The summed E-state index contributed by atoms with van der Waals surface area (Å²) in [5, 5.41) is 0. The minimum absolute atomic E-state index is 0.0798. The highest BCUT2D eigenvalue weighted by Crippen LogP contribution is 2.70. The maximum Gasteiger partial charge on any atom is 0.157 e. The molecule has 3 spiro atoms. The second kappa shape index (κ2) is 17.5. The van der Waals surface area contributed by atoms with Gasteiger partial charge in [0.05, 0.1) is 70.1 Å². The molecule has 9 nitrogen and oxygen atoms in total. The van der Waals surface area contributed by atoms with Crippen LogP contribution in [0, 0.1) is 44.4 Å². The van der Waals surface area contributed by atoms with Crippen LogP contribution in [-0.2, 0) is 37.8 Å². The highest BCUT2D eigenvalue weighted by Gasteiger charge is 2.67. The molecule has 404 valence electrons. The molecule has 4 bridgehead atoms. The minimum atomic E-state index is 0.0798. The van der Waals surface area contributed by atoms with Crippen molar-refractivity contribution in [2.24, 2.45) is 44.8 Å². The van der Waals surface area contributed by atoms with Gasteiger partial charge in [-0.25, -0.2) is 0 Å². The van der Waals surface area contributed by atoms with Crippen LogP contribution in [0.4, 0.5) is 17.1 Å². The third-order valence-electron chi connectivity index (χ3n) is 22.2. The molecule has 3 aromatic carbocycles. The van der Waals surface area contributed by atoms with E-state index in [9.17, 15) is 0 Å². The van der Waals surface area contributed by atoms with Crippen molar-refractivity contribution in [2.45, 2.75) is 166 Å². The Morgan fingerprint density at radius 2 is 0.731 bits per heavy atom. The predicted octanol–water partition coefficient (Wildman–Crippen LogP) is 17.6. The number of hydrogen-bond acceptors (Lipinski definition) is 6. The van der Waals surface area contributed by atoms with E-state index >= 15 is 0 Å². The summed E-state index contributed by atoms with van der Waals surface area (Å²) in [6.45, 7) is 13.9. The van der Waals surface area contributed by atoms with Crippen LogP contribution in [-0.4, -0.2) is 13.7 Å². The second-order valence-electron chi connectivity index (χ2n) is 25.8. The Morgan fingerprint density at radius 1 is 0.397 bits per heavy atom. The molecule has 6 aliphatic carbocycles. The van der Waals surface area contributed by atoms with E-state index in [2.05, 4.69) is 182 Å². The molecule has 18 rings (SSSR count). The van der Waals surface area contributed by atoms with Gasteiger partial charge in [0.15, 0.2) is 16.7 Å². The summed E-state index contributed by atoms with van der Waals surface area (Å²) in [4.78, 5) is 8.28. The summed E-state index contributed by atoms with van der Waals surface area (Å²) in [7, 11) is 6.64. The molecule has 78 heavy (non-hydrogen) atoms. The van der Waals surface area contributed by atoms with Crippen molar-refractivity contribution in [1.29, 1.82) is 0 Å². The Bertz CT molecular complexity index is 3750. The Balaban J connectivity index is 0.000000102. The highest BCUT2D eigenvalue weighted by molar-refractivity contribution is 5.88. The maximum atomic E-state index is 6.23. The van der Waals surface area contributed by atoms with Gasteiger partial charge in [-0.1, -0.05) is 86.7 Å². The molecule has 9 heterocycles. The van der Waals surface area contributed by atoms with E-state index in [4.69, 9.17) is 13.3 Å². The van der Waals surface area contributed by atoms with Crippen molar-refractivity contribution in [1.82, 2.24) is 13.7 Å². The van der Waals surface area contributed by atoms with Gasteiger partial charge in [0, 0.05) is 90.2 Å². The number of benzene rings is 3. The molecule has 3 atom stereocenters. The SMILES string of the molecule is Cc1ccccc1N1C(C)c2c(c3occc3n2C)C12C1CC3CC(C1)CC2C3.Cc1ccccc1N1C(C)c2c(c3occc3n2C)C12CCCC2.Cc1ccccc1N1C(C)c2c(c3occc3n2C)C12CCCCC2. The van der Waals surface area contributed by atoms with Crippen LogP contribution in [0.1, 0.15) is 179 Å². The molecular formula is C69H80N6O3. The van der Waals surface area contributed by atoms with Crippen molar-refractivity contribution in [3.63, 3.8) is 0 Å². The molecule has 6 saturated carbocycles. The smallest absolute Gasteiger partial charge is 0.157 e. The van der Waals surface area contributed by atoms with E-state index < -0.39 is 0 Å². The van der Waals surface area contributed by atoms with Crippen molar-refractivity contribution in [3.8, 4) is 0 Å². The monoisotopic (exact) mass is 1040 g/mol. The number of para-hydroxylation sites is 3. The van der Waals surface area contributed by atoms with Crippen LogP contribution in [0.25, 0.3) is 33.3 Å². The second-order valence-corrected chi connectivity index (χ2v) is 25.8. The van der Waals surface area contributed by atoms with Gasteiger partial charge in [-0.3, -0.25) is 0 Å². The van der Waals surface area contributed by atoms with Gasteiger partial charge in [-0.2, -0.15) is 0 Å². The molecule has 6 aromatic heterocycles. The first kappa shape index (κ1) is 48.6.